The zero-order valence-corrected chi connectivity index (χ0v) is 18.7. The fraction of sp³-hybridized carbons (Fsp3) is 1.00. The smallest absolute Gasteiger partial charge is 0.257 e. The Balaban J connectivity index is 3.47. The molecule has 1 aliphatic rings. The third kappa shape index (κ3) is 7.59. The van der Waals surface area contributed by atoms with Gasteiger partial charge in [0.2, 0.25) is 26.7 Å². The van der Waals surface area contributed by atoms with Gasteiger partial charge in [-0.3, -0.25) is 9.13 Å². The van der Waals surface area contributed by atoms with Crippen molar-refractivity contribution in [1.82, 2.24) is 9.72 Å². The molecule has 0 aromatic rings. The van der Waals surface area contributed by atoms with Crippen LogP contribution in [0.5, 0.6) is 0 Å². The normalized spacial score (nSPS) is 38.6. The Hall–Kier alpha value is 2.81. The van der Waals surface area contributed by atoms with Crippen molar-refractivity contribution in [3.8, 4) is 0 Å². The Labute approximate surface area is 145 Å². The Morgan fingerprint density at radius 3 is 1.50 bits per heavy atom. The van der Waals surface area contributed by atoms with Gasteiger partial charge in [0, 0.05) is 13.3 Å². The third-order valence-corrected chi connectivity index (χ3v) is 19.3. The maximum absolute atomic E-state index is 11.6. The van der Waals surface area contributed by atoms with Gasteiger partial charge in [0.1, 0.15) is 0 Å². The summed E-state index contributed by atoms with van der Waals surface area (Å²) in [6, 6.07) is 0. The van der Waals surface area contributed by atoms with Gasteiger partial charge in [-0.1, -0.05) is 0 Å². The van der Waals surface area contributed by atoms with E-state index in [4.69, 9.17) is 67.4 Å². The largest absolute Gasteiger partial charge is 0.289 e. The number of hydrogen-bond acceptors (Lipinski definition) is 5. The monoisotopic (exact) mass is 499 g/mol. The molecule has 1 heterocycles. The van der Waals surface area contributed by atoms with Crippen LogP contribution in [-0.4, -0.2) is 13.3 Å². The molecule has 0 bridgehead atoms. The van der Waals surface area contributed by atoms with Crippen LogP contribution in [0.2, 0.25) is 0 Å². The lowest BCUT2D eigenvalue weighted by Crippen LogP contribution is -2.02. The molecule has 20 heavy (non-hydrogen) atoms. The van der Waals surface area contributed by atoms with E-state index in [0.717, 1.165) is 0 Å². The van der Waals surface area contributed by atoms with Crippen molar-refractivity contribution in [2.75, 3.05) is 13.3 Å². The maximum Gasteiger partial charge on any atom is 0.257 e. The van der Waals surface area contributed by atoms with Gasteiger partial charge in [0.15, 0.2) is 0 Å². The standard InChI is InChI=1S/C2H8Cl6N5O2P5/c1-16(3,14)9-19(7)11-18(5,6)12-20(8,13-19)10-17(2,4)15/h1-2H3,(H,9,14)(H,10,15)/t16-,17+,19-,20-/m1/s1. The predicted molar refractivity (Wildman–Crippen MR) is 96.5 cm³/mol. The Kier molecular flexibility index (Phi) is 6.89. The van der Waals surface area contributed by atoms with Crippen LogP contribution in [0.25, 0.3) is 0 Å². The summed E-state index contributed by atoms with van der Waals surface area (Å²) in [6.07, 6.45) is 0. The molecule has 0 saturated carbocycles. The molecule has 7 nitrogen and oxygen atoms in total. The lowest BCUT2D eigenvalue weighted by Gasteiger charge is -2.26. The van der Waals surface area contributed by atoms with Gasteiger partial charge in [-0.15, -0.1) is 0 Å². The molecule has 0 unspecified atom stereocenters. The second-order valence-corrected chi connectivity index (χ2v) is 23.7. The van der Waals surface area contributed by atoms with Crippen LogP contribution in [0.3, 0.4) is 0 Å². The van der Waals surface area contributed by atoms with Crippen LogP contribution in [0, 0.1) is 0 Å². The first-order valence-electron chi connectivity index (χ1n) is 4.37. The van der Waals surface area contributed by atoms with Crippen LogP contribution in [0.1, 0.15) is 0 Å². The lowest BCUT2D eigenvalue weighted by molar-refractivity contribution is 0.585. The molecule has 0 aromatic carbocycles. The van der Waals surface area contributed by atoms with E-state index in [1.807, 2.05) is 0 Å². The predicted octanol–water partition coefficient (Wildman–Crippen LogP) is 8.10. The molecule has 0 saturated heterocycles. The minimum absolute atomic E-state index is 1.20. The Bertz CT molecular complexity index is 640. The zero-order valence-electron chi connectivity index (χ0n) is 9.66. The molecule has 0 aliphatic carbocycles. The second kappa shape index (κ2) is 6.61. The van der Waals surface area contributed by atoms with Gasteiger partial charge in [-0.2, -0.15) is 23.3 Å². The summed E-state index contributed by atoms with van der Waals surface area (Å²) in [5, 5.41) is 0. The van der Waals surface area contributed by atoms with Crippen molar-refractivity contribution >= 4 is 100 Å². The fourth-order valence-electron chi connectivity index (χ4n) is 1.03. The van der Waals surface area contributed by atoms with E-state index in [0.29, 0.717) is 0 Å². The summed E-state index contributed by atoms with van der Waals surface area (Å²) in [6.45, 7) is -11.0. The van der Waals surface area contributed by atoms with E-state index < -0.39 is 32.6 Å². The average molecular weight is 502 g/mol. The quantitative estimate of drug-likeness (QED) is 0.380. The van der Waals surface area contributed by atoms with Crippen molar-refractivity contribution in [2.45, 2.75) is 0 Å². The third-order valence-electron chi connectivity index (χ3n) is 1.30. The van der Waals surface area contributed by atoms with E-state index in [1.165, 1.54) is 13.3 Å². The van der Waals surface area contributed by atoms with Crippen LogP contribution < -0.4 is 9.72 Å². The molecule has 18 heteroatoms. The molecule has 0 spiro atoms. The molecule has 0 amide bonds. The maximum atomic E-state index is 11.6. The first-order valence-corrected chi connectivity index (χ1v) is 19.2. The Morgan fingerprint density at radius 2 is 1.15 bits per heavy atom. The van der Waals surface area contributed by atoms with Crippen molar-refractivity contribution in [1.29, 1.82) is 0 Å². The highest BCUT2D eigenvalue weighted by Gasteiger charge is 2.37. The van der Waals surface area contributed by atoms with Crippen molar-refractivity contribution in [3.05, 3.63) is 0 Å². The van der Waals surface area contributed by atoms with Crippen molar-refractivity contribution in [2.24, 2.45) is 13.5 Å². The topological polar surface area (TPSA) is 95.3 Å². The van der Waals surface area contributed by atoms with Gasteiger partial charge >= 0.3 is 0 Å². The van der Waals surface area contributed by atoms with Gasteiger partial charge < -0.3 is 0 Å². The van der Waals surface area contributed by atoms with Gasteiger partial charge in [-0.25, -0.2) is 0 Å². The van der Waals surface area contributed by atoms with Crippen LogP contribution in [-0.2, 0) is 9.13 Å². The van der Waals surface area contributed by atoms with Crippen molar-refractivity contribution in [3.63, 3.8) is 0 Å². The number of rotatable bonds is 4. The molecule has 0 fully saturated rings. The van der Waals surface area contributed by atoms with Crippen LogP contribution >= 0.6 is 100 Å². The number of halogens is 6. The van der Waals surface area contributed by atoms with E-state index in [9.17, 15) is 9.13 Å². The highest BCUT2D eigenvalue weighted by atomic mass is 35.9. The van der Waals surface area contributed by atoms with Crippen molar-refractivity contribution < 1.29 is 9.13 Å². The number of hydrogen-bond donors (Lipinski definition) is 2. The molecule has 0 aromatic heterocycles. The molecule has 1 aliphatic heterocycles. The molecule has 0 radical (unpaired) electrons. The summed E-state index contributed by atoms with van der Waals surface area (Å²) in [5.74, 6) is -3.30. The number of nitrogens with zero attached hydrogens (tertiary/aromatic N) is 3. The molecule has 120 valence electrons. The molecular weight excluding hydrogens is 494 g/mol. The molecule has 1 rings (SSSR count). The second-order valence-electron chi connectivity index (χ2n) is 3.61. The molecular formula is C2H8Cl6N5O2P5. The summed E-state index contributed by atoms with van der Waals surface area (Å²) in [5.41, 5.74) is 0. The van der Waals surface area contributed by atoms with Crippen LogP contribution in [0.4, 0.5) is 0 Å². The summed E-state index contributed by atoms with van der Waals surface area (Å²) in [4.78, 5) is 4.73. The highest BCUT2D eigenvalue weighted by Crippen LogP contribution is 2.85. The van der Waals surface area contributed by atoms with E-state index in [-0.39, 0.29) is 0 Å². The lowest BCUT2D eigenvalue weighted by atomic mass is 12.0. The minimum atomic E-state index is -3.37. The fourth-order valence-corrected chi connectivity index (χ4v) is 25.5. The van der Waals surface area contributed by atoms with E-state index in [2.05, 4.69) is 23.3 Å². The summed E-state index contributed by atoms with van der Waals surface area (Å²) < 4.78 is 34.9. The van der Waals surface area contributed by atoms with E-state index >= 15 is 0 Å². The number of nitrogens with one attached hydrogen (secondary N) is 2. The van der Waals surface area contributed by atoms with E-state index in [1.54, 1.807) is 0 Å². The SMILES string of the molecule is C[P@](=O)(Cl)N[P@@]1(Cl)=N[P@](Cl)(N[P@](C)(=O)Cl)=NP(Cl)(Cl)=N1. The highest BCUT2D eigenvalue weighted by molar-refractivity contribution is 8.19. The minimum Gasteiger partial charge on any atom is -0.289 e. The van der Waals surface area contributed by atoms with Gasteiger partial charge in [-0.05, 0) is 67.4 Å². The zero-order chi connectivity index (χ0) is 16.0. The first-order chi connectivity index (χ1) is 8.54. The molecule has 2 N–H and O–H groups in total. The van der Waals surface area contributed by atoms with Gasteiger partial charge in [0.25, 0.3) is 5.91 Å². The Morgan fingerprint density at radius 1 is 0.800 bits per heavy atom. The average Bonchev–Trinajstić information content (AvgIpc) is 1.83. The van der Waals surface area contributed by atoms with Crippen LogP contribution in [0.15, 0.2) is 13.5 Å². The summed E-state index contributed by atoms with van der Waals surface area (Å²) >= 11 is 35.3. The first kappa shape index (κ1) is 20.9. The summed E-state index contributed by atoms with van der Waals surface area (Å²) in [7, 11) is 0. The molecule has 4 atom stereocenters. The van der Waals surface area contributed by atoms with Gasteiger partial charge in [0.05, 0.1) is 0 Å².